The van der Waals surface area contributed by atoms with Crippen LogP contribution in [0.3, 0.4) is 0 Å². The number of aromatic nitrogens is 1. The Morgan fingerprint density at radius 2 is 2.16 bits per heavy atom. The number of nitrogens with one attached hydrogen (secondary N) is 2. The van der Waals surface area contributed by atoms with Gasteiger partial charge in [0, 0.05) is 29.1 Å². The number of hydrogen-bond acceptors (Lipinski definition) is 3. The highest BCUT2D eigenvalue weighted by Crippen LogP contribution is 2.32. The van der Waals surface area contributed by atoms with Gasteiger partial charge in [-0.15, -0.1) is 0 Å². The summed E-state index contributed by atoms with van der Waals surface area (Å²) in [4.78, 5) is 3.35. The Labute approximate surface area is 112 Å². The van der Waals surface area contributed by atoms with Crippen LogP contribution in [-0.2, 0) is 22.9 Å². The topological polar surface area (TPSA) is 71.2 Å². The first-order valence-corrected chi connectivity index (χ1v) is 8.00. The van der Waals surface area contributed by atoms with Gasteiger partial charge in [-0.25, -0.2) is 13.1 Å². The van der Waals surface area contributed by atoms with Crippen LogP contribution >= 0.6 is 0 Å². The van der Waals surface area contributed by atoms with Crippen LogP contribution in [0, 0.1) is 0 Å². The van der Waals surface area contributed by atoms with Crippen molar-refractivity contribution in [2.75, 3.05) is 13.4 Å². The number of benzene rings is 1. The molecule has 0 bridgehead atoms. The molecule has 0 spiro atoms. The number of fused-ring (bicyclic) bond motifs is 3. The second-order valence-electron chi connectivity index (χ2n) is 4.99. The number of ether oxygens (including phenoxy) is 1. The molecule has 0 radical (unpaired) electrons. The normalized spacial score (nSPS) is 18.7. The third kappa shape index (κ3) is 2.33. The van der Waals surface area contributed by atoms with Crippen molar-refractivity contribution in [2.24, 2.45) is 0 Å². The van der Waals surface area contributed by atoms with Crippen molar-refractivity contribution in [1.29, 1.82) is 0 Å². The number of sulfonamides is 1. The average molecular weight is 280 g/mol. The first-order valence-electron chi connectivity index (χ1n) is 6.11. The fourth-order valence-electron chi connectivity index (χ4n) is 2.77. The molecule has 6 heteroatoms. The predicted octanol–water partition coefficient (Wildman–Crippen LogP) is 1.19. The lowest BCUT2D eigenvalue weighted by Crippen LogP contribution is -2.34. The highest BCUT2D eigenvalue weighted by Gasteiger charge is 2.27. The molecule has 0 aliphatic heterocycles. The number of rotatable bonds is 3. The summed E-state index contributed by atoms with van der Waals surface area (Å²) >= 11 is 0. The Kier molecular flexibility index (Phi) is 2.79. The largest absolute Gasteiger partial charge is 0.497 e. The van der Waals surface area contributed by atoms with Crippen molar-refractivity contribution >= 4 is 20.9 Å². The monoisotopic (exact) mass is 280 g/mol. The maximum Gasteiger partial charge on any atom is 0.208 e. The smallest absolute Gasteiger partial charge is 0.208 e. The molecular weight excluding hydrogens is 264 g/mol. The van der Waals surface area contributed by atoms with Crippen molar-refractivity contribution < 1.29 is 13.2 Å². The molecule has 5 nitrogen and oxygen atoms in total. The van der Waals surface area contributed by atoms with Gasteiger partial charge in [-0.05, 0) is 30.2 Å². The summed E-state index contributed by atoms with van der Waals surface area (Å²) in [5.74, 6) is 0.814. The number of hydrogen-bond donors (Lipinski definition) is 2. The number of aromatic amines is 1. The van der Waals surface area contributed by atoms with Crippen molar-refractivity contribution in [2.45, 2.75) is 18.9 Å². The molecule has 19 heavy (non-hydrogen) atoms. The fourth-order valence-corrected chi connectivity index (χ4v) is 3.54. The van der Waals surface area contributed by atoms with Crippen molar-refractivity contribution in [3.8, 4) is 5.75 Å². The van der Waals surface area contributed by atoms with Crippen LogP contribution in [0.1, 0.15) is 11.3 Å². The third-order valence-electron chi connectivity index (χ3n) is 3.48. The highest BCUT2D eigenvalue weighted by molar-refractivity contribution is 7.88. The van der Waals surface area contributed by atoms with E-state index in [-0.39, 0.29) is 6.04 Å². The Morgan fingerprint density at radius 3 is 2.84 bits per heavy atom. The molecule has 0 amide bonds. The van der Waals surface area contributed by atoms with Gasteiger partial charge in [0.05, 0.1) is 13.4 Å². The maximum atomic E-state index is 11.3. The van der Waals surface area contributed by atoms with Gasteiger partial charge < -0.3 is 9.72 Å². The van der Waals surface area contributed by atoms with Gasteiger partial charge in [0.25, 0.3) is 0 Å². The van der Waals surface area contributed by atoms with Crippen LogP contribution < -0.4 is 9.46 Å². The molecule has 1 heterocycles. The Hall–Kier alpha value is -1.53. The Bertz CT molecular complexity index is 734. The van der Waals surface area contributed by atoms with Crippen LogP contribution in [0.25, 0.3) is 10.9 Å². The molecule has 3 rings (SSSR count). The molecule has 0 saturated carbocycles. The van der Waals surface area contributed by atoms with Crippen LogP contribution in [-0.4, -0.2) is 32.8 Å². The van der Waals surface area contributed by atoms with Crippen LogP contribution in [0.15, 0.2) is 18.2 Å². The predicted molar refractivity (Wildman–Crippen MR) is 74.0 cm³/mol. The molecule has 0 saturated heterocycles. The van der Waals surface area contributed by atoms with E-state index in [1.165, 1.54) is 11.8 Å². The van der Waals surface area contributed by atoms with Crippen molar-refractivity contribution in [1.82, 2.24) is 9.71 Å². The number of H-pyrrole nitrogens is 1. The summed E-state index contributed by atoms with van der Waals surface area (Å²) in [5.41, 5.74) is 3.38. The molecule has 1 unspecified atom stereocenters. The summed E-state index contributed by atoms with van der Waals surface area (Å²) in [6.45, 7) is 0. The van der Waals surface area contributed by atoms with E-state index < -0.39 is 10.0 Å². The van der Waals surface area contributed by atoms with Gasteiger partial charge >= 0.3 is 0 Å². The Balaban J connectivity index is 1.96. The minimum atomic E-state index is -3.16. The molecule has 102 valence electrons. The Morgan fingerprint density at radius 1 is 1.37 bits per heavy atom. The maximum absolute atomic E-state index is 11.3. The molecule has 1 atom stereocenters. The molecule has 2 aromatic rings. The lowest BCUT2D eigenvalue weighted by atomic mass is 10.1. The van der Waals surface area contributed by atoms with Crippen LogP contribution in [0.4, 0.5) is 0 Å². The van der Waals surface area contributed by atoms with E-state index in [0.717, 1.165) is 28.8 Å². The van der Waals surface area contributed by atoms with E-state index >= 15 is 0 Å². The summed E-state index contributed by atoms with van der Waals surface area (Å²) in [6.07, 6.45) is 2.62. The standard InChI is InChI=1S/C13H16N2O3S/c1-18-9-3-4-12-11(7-9)10-5-8(6-13(10)14-12)15-19(2,16)17/h3-4,7-8,14-15H,5-6H2,1-2H3. The van der Waals surface area contributed by atoms with E-state index in [9.17, 15) is 8.42 Å². The van der Waals surface area contributed by atoms with Crippen LogP contribution in [0.2, 0.25) is 0 Å². The quantitative estimate of drug-likeness (QED) is 0.887. The zero-order valence-corrected chi connectivity index (χ0v) is 11.7. The highest BCUT2D eigenvalue weighted by atomic mass is 32.2. The molecule has 2 N–H and O–H groups in total. The van der Waals surface area contributed by atoms with Gasteiger partial charge in [0.1, 0.15) is 5.75 Å². The molecule has 0 fully saturated rings. The molecule has 1 aliphatic rings. The number of methoxy groups -OCH3 is 1. The summed E-state index contributed by atoms with van der Waals surface area (Å²) in [6, 6.07) is 5.85. The average Bonchev–Trinajstić information content (AvgIpc) is 2.83. The van der Waals surface area contributed by atoms with E-state index in [1.807, 2.05) is 18.2 Å². The van der Waals surface area contributed by atoms with Gasteiger partial charge in [-0.2, -0.15) is 0 Å². The lowest BCUT2D eigenvalue weighted by Gasteiger charge is -2.10. The van der Waals surface area contributed by atoms with E-state index in [4.69, 9.17) is 4.74 Å². The lowest BCUT2D eigenvalue weighted by molar-refractivity contribution is 0.415. The minimum Gasteiger partial charge on any atom is -0.497 e. The van der Waals surface area contributed by atoms with E-state index in [0.29, 0.717) is 6.42 Å². The SMILES string of the molecule is COc1ccc2[nH]c3c(c2c1)CC(NS(C)(=O)=O)C3. The molecule has 1 aromatic heterocycles. The van der Waals surface area contributed by atoms with E-state index in [2.05, 4.69) is 9.71 Å². The zero-order valence-electron chi connectivity index (χ0n) is 10.9. The van der Waals surface area contributed by atoms with E-state index in [1.54, 1.807) is 7.11 Å². The summed E-state index contributed by atoms with van der Waals surface area (Å²) < 4.78 is 30.5. The zero-order chi connectivity index (χ0) is 13.6. The first-order chi connectivity index (χ1) is 8.96. The van der Waals surface area contributed by atoms with Gasteiger partial charge in [-0.3, -0.25) is 0 Å². The third-order valence-corrected chi connectivity index (χ3v) is 4.24. The van der Waals surface area contributed by atoms with Crippen LogP contribution in [0.5, 0.6) is 5.75 Å². The second kappa shape index (κ2) is 4.25. The molecular formula is C13H16N2O3S. The molecule has 1 aliphatic carbocycles. The van der Waals surface area contributed by atoms with Gasteiger partial charge in [-0.1, -0.05) is 0 Å². The summed E-state index contributed by atoms with van der Waals surface area (Å²) in [7, 11) is -1.52. The van der Waals surface area contributed by atoms with Gasteiger partial charge in [0.2, 0.25) is 10.0 Å². The first kappa shape index (κ1) is 12.5. The fraction of sp³-hybridized carbons (Fsp3) is 0.385. The van der Waals surface area contributed by atoms with Crippen molar-refractivity contribution in [3.63, 3.8) is 0 Å². The summed E-state index contributed by atoms with van der Waals surface area (Å²) in [5, 5.41) is 1.12. The van der Waals surface area contributed by atoms with Gasteiger partial charge in [0.15, 0.2) is 0 Å². The molecule has 1 aromatic carbocycles. The minimum absolute atomic E-state index is 0.0492. The second-order valence-corrected chi connectivity index (χ2v) is 6.77. The van der Waals surface area contributed by atoms with Crippen molar-refractivity contribution in [3.05, 3.63) is 29.5 Å².